The molecule has 6 nitrogen and oxygen atoms in total. The molecule has 1 saturated heterocycles. The second-order valence-electron chi connectivity index (χ2n) is 8.86. The predicted octanol–water partition coefficient (Wildman–Crippen LogP) is 3.36. The van der Waals surface area contributed by atoms with Gasteiger partial charge in [0.15, 0.2) is 12.2 Å². The van der Waals surface area contributed by atoms with E-state index in [9.17, 15) is 28.6 Å². The number of halogens is 2. The van der Waals surface area contributed by atoms with Crippen LogP contribution in [0, 0.1) is 11.6 Å². The maximum absolute atomic E-state index is 13.9. The van der Waals surface area contributed by atoms with Crippen LogP contribution in [0.15, 0.2) is 60.0 Å². The molecule has 2 heterocycles. The van der Waals surface area contributed by atoms with Crippen LogP contribution in [0.2, 0.25) is 0 Å². The van der Waals surface area contributed by atoms with E-state index in [4.69, 9.17) is 0 Å². The topological polar surface area (TPSA) is 89.9 Å². The molecule has 0 bridgehead atoms. The summed E-state index contributed by atoms with van der Waals surface area (Å²) >= 11 is 1.49. The highest BCUT2D eigenvalue weighted by Gasteiger charge is 2.38. The smallest absolute Gasteiger partial charge is 0.255 e. The molecule has 0 radical (unpaired) electrons. The van der Waals surface area contributed by atoms with E-state index in [1.807, 2.05) is 11.4 Å². The van der Waals surface area contributed by atoms with Crippen LogP contribution in [-0.4, -0.2) is 52.2 Å². The number of aliphatic hydroxyl groups excluding tert-OH is 2. The third-order valence-electron chi connectivity index (χ3n) is 6.34. The molecule has 3 aromatic rings. The van der Waals surface area contributed by atoms with Crippen molar-refractivity contribution in [3.8, 4) is 0 Å². The Bertz CT molecular complexity index is 1200. The number of thiophene rings is 1. The van der Waals surface area contributed by atoms with E-state index in [1.165, 1.54) is 34.4 Å². The van der Waals surface area contributed by atoms with Gasteiger partial charge in [-0.05, 0) is 65.6 Å². The minimum atomic E-state index is -1.91. The quantitative estimate of drug-likeness (QED) is 0.409. The van der Waals surface area contributed by atoms with Gasteiger partial charge in [0, 0.05) is 24.4 Å². The van der Waals surface area contributed by atoms with Gasteiger partial charge in [-0.3, -0.25) is 9.59 Å². The molecule has 3 atom stereocenters. The predicted molar refractivity (Wildman–Crippen MR) is 132 cm³/mol. The Labute approximate surface area is 212 Å². The molecule has 9 heteroatoms. The SMILES string of the molecule is O=C(NCCc1cc(Cc2ccccc2F)cs1)[C@H](O)[C@@H](O)C(=O)N1CCCC1c1ccc(F)cc1. The fraction of sp³-hybridized carbons (Fsp3) is 0.333. The van der Waals surface area contributed by atoms with Crippen LogP contribution in [0.25, 0.3) is 0 Å². The fourth-order valence-electron chi connectivity index (χ4n) is 4.44. The lowest BCUT2D eigenvalue weighted by atomic mass is 10.0. The number of aliphatic hydroxyl groups is 2. The number of rotatable bonds is 9. The van der Waals surface area contributed by atoms with E-state index < -0.39 is 24.0 Å². The van der Waals surface area contributed by atoms with Crippen LogP contribution < -0.4 is 5.32 Å². The molecule has 36 heavy (non-hydrogen) atoms. The highest BCUT2D eigenvalue weighted by Crippen LogP contribution is 2.32. The fourth-order valence-corrected chi connectivity index (χ4v) is 5.33. The Morgan fingerprint density at radius 3 is 2.58 bits per heavy atom. The summed E-state index contributed by atoms with van der Waals surface area (Å²) in [7, 11) is 0. The Morgan fingerprint density at radius 1 is 1.08 bits per heavy atom. The first kappa shape index (κ1) is 25.9. The van der Waals surface area contributed by atoms with E-state index >= 15 is 0 Å². The highest BCUT2D eigenvalue weighted by atomic mass is 32.1. The summed E-state index contributed by atoms with van der Waals surface area (Å²) in [5, 5.41) is 25.2. The largest absolute Gasteiger partial charge is 0.380 e. The summed E-state index contributed by atoms with van der Waals surface area (Å²) in [6.07, 6.45) is -1.51. The highest BCUT2D eigenvalue weighted by molar-refractivity contribution is 7.10. The molecule has 0 aliphatic carbocycles. The van der Waals surface area contributed by atoms with Gasteiger partial charge in [-0.25, -0.2) is 8.78 Å². The second kappa shape index (κ2) is 11.7. The molecule has 2 amide bonds. The van der Waals surface area contributed by atoms with Crippen molar-refractivity contribution in [2.45, 2.75) is 43.9 Å². The number of carbonyl (C=O) groups is 2. The van der Waals surface area contributed by atoms with Crippen molar-refractivity contribution in [3.05, 3.63) is 93.2 Å². The molecule has 1 fully saturated rings. The first-order chi connectivity index (χ1) is 17.3. The average Bonchev–Trinajstić information content (AvgIpc) is 3.54. The van der Waals surface area contributed by atoms with E-state index in [0.29, 0.717) is 37.8 Å². The van der Waals surface area contributed by atoms with E-state index in [0.717, 1.165) is 16.0 Å². The van der Waals surface area contributed by atoms with Crippen LogP contribution in [0.5, 0.6) is 0 Å². The Balaban J connectivity index is 1.27. The average molecular weight is 515 g/mol. The van der Waals surface area contributed by atoms with Crippen LogP contribution in [0.1, 0.15) is 40.5 Å². The van der Waals surface area contributed by atoms with E-state index in [-0.39, 0.29) is 24.2 Å². The van der Waals surface area contributed by atoms with Crippen LogP contribution in [-0.2, 0) is 22.4 Å². The number of benzene rings is 2. The summed E-state index contributed by atoms with van der Waals surface area (Å²) < 4.78 is 27.1. The molecule has 4 rings (SSSR count). The Morgan fingerprint density at radius 2 is 1.83 bits per heavy atom. The van der Waals surface area contributed by atoms with E-state index in [2.05, 4.69) is 5.32 Å². The van der Waals surface area contributed by atoms with Gasteiger partial charge in [0.2, 0.25) is 0 Å². The first-order valence-corrected chi connectivity index (χ1v) is 12.7. The first-order valence-electron chi connectivity index (χ1n) is 11.8. The summed E-state index contributed by atoms with van der Waals surface area (Å²) in [5.41, 5.74) is 2.31. The minimum Gasteiger partial charge on any atom is -0.380 e. The van der Waals surface area contributed by atoms with Gasteiger partial charge in [0.05, 0.1) is 6.04 Å². The zero-order valence-corrected chi connectivity index (χ0v) is 20.4. The Kier molecular flexibility index (Phi) is 8.45. The van der Waals surface area contributed by atoms with Crippen LogP contribution in [0.3, 0.4) is 0 Å². The van der Waals surface area contributed by atoms with Crippen LogP contribution in [0.4, 0.5) is 8.78 Å². The van der Waals surface area contributed by atoms with Gasteiger partial charge in [0.25, 0.3) is 11.8 Å². The second-order valence-corrected chi connectivity index (χ2v) is 9.86. The molecule has 0 spiro atoms. The standard InChI is InChI=1S/C27H28F2N2O4S/c28-20-9-7-18(8-10-20)23-6-3-13-31(23)27(35)25(33)24(32)26(34)30-12-11-21-15-17(16-36-21)14-19-4-1-2-5-22(19)29/h1-2,4-5,7-10,15-16,23-25,32-33H,3,6,11-14H2,(H,30,34)/t23?,24-,25-/m1/s1. The van der Waals surface area contributed by atoms with Crippen molar-refractivity contribution in [2.24, 2.45) is 0 Å². The van der Waals surface area contributed by atoms with Crippen molar-refractivity contribution in [2.75, 3.05) is 13.1 Å². The lowest BCUT2D eigenvalue weighted by Crippen LogP contribution is -2.50. The maximum atomic E-state index is 13.9. The third-order valence-corrected chi connectivity index (χ3v) is 7.39. The molecule has 3 N–H and O–H groups in total. The lowest BCUT2D eigenvalue weighted by Gasteiger charge is -2.28. The summed E-state index contributed by atoms with van der Waals surface area (Å²) in [5.74, 6) is -2.21. The van der Waals surface area contributed by atoms with Gasteiger partial charge >= 0.3 is 0 Å². The molecule has 1 aromatic heterocycles. The van der Waals surface area contributed by atoms with Gasteiger partial charge in [-0.2, -0.15) is 0 Å². The molecule has 1 aliphatic rings. The van der Waals surface area contributed by atoms with Gasteiger partial charge in [0.1, 0.15) is 11.6 Å². The molecule has 2 aromatic carbocycles. The number of carbonyl (C=O) groups excluding carboxylic acids is 2. The van der Waals surface area contributed by atoms with Crippen molar-refractivity contribution in [1.82, 2.24) is 10.2 Å². The van der Waals surface area contributed by atoms with Gasteiger partial charge in [-0.1, -0.05) is 30.3 Å². The van der Waals surface area contributed by atoms with Crippen molar-refractivity contribution < 1.29 is 28.6 Å². The number of likely N-dealkylation sites (tertiary alicyclic amines) is 1. The summed E-state index contributed by atoms with van der Waals surface area (Å²) in [6, 6.07) is 14.0. The number of nitrogens with one attached hydrogen (secondary N) is 1. The summed E-state index contributed by atoms with van der Waals surface area (Å²) in [4.78, 5) is 27.7. The molecule has 0 saturated carbocycles. The zero-order chi connectivity index (χ0) is 25.7. The molecule has 1 unspecified atom stereocenters. The molecular formula is C27H28F2N2O4S. The number of hydrogen-bond donors (Lipinski definition) is 3. The molecule has 1 aliphatic heterocycles. The van der Waals surface area contributed by atoms with E-state index in [1.54, 1.807) is 30.3 Å². The lowest BCUT2D eigenvalue weighted by molar-refractivity contribution is -0.153. The Hall–Kier alpha value is -3.14. The number of nitrogens with zero attached hydrogens (tertiary/aromatic N) is 1. The number of amides is 2. The van der Waals surface area contributed by atoms with Gasteiger partial charge in [-0.15, -0.1) is 11.3 Å². The third kappa shape index (κ3) is 6.16. The summed E-state index contributed by atoms with van der Waals surface area (Å²) in [6.45, 7) is 0.582. The zero-order valence-electron chi connectivity index (χ0n) is 19.6. The van der Waals surface area contributed by atoms with Crippen molar-refractivity contribution in [1.29, 1.82) is 0 Å². The maximum Gasteiger partial charge on any atom is 0.255 e. The number of hydrogen-bond acceptors (Lipinski definition) is 5. The minimum absolute atomic E-state index is 0.207. The monoisotopic (exact) mass is 514 g/mol. The van der Waals surface area contributed by atoms with Crippen molar-refractivity contribution in [3.63, 3.8) is 0 Å². The van der Waals surface area contributed by atoms with Gasteiger partial charge < -0.3 is 20.4 Å². The normalized spacial score (nSPS) is 17.1. The van der Waals surface area contributed by atoms with Crippen molar-refractivity contribution >= 4 is 23.2 Å². The van der Waals surface area contributed by atoms with Crippen LogP contribution >= 0.6 is 11.3 Å². The molecule has 190 valence electrons. The molecular weight excluding hydrogens is 486 g/mol.